The molecule has 1 aliphatic carbocycles. The van der Waals surface area contributed by atoms with Crippen molar-refractivity contribution in [2.24, 2.45) is 0 Å². The molecule has 1 fully saturated rings. The minimum atomic E-state index is -0.638. The van der Waals surface area contributed by atoms with E-state index in [0.717, 1.165) is 25.7 Å². The highest BCUT2D eigenvalue weighted by atomic mass is 16.5. The molecule has 0 saturated heterocycles. The molecule has 0 radical (unpaired) electrons. The maximum Gasteiger partial charge on any atom is 0.161 e. The first kappa shape index (κ1) is 11.3. The van der Waals surface area contributed by atoms with E-state index in [2.05, 4.69) is 0 Å². The SMILES string of the molecule is COc1ccccc1OCC1(O)CCCC1. The topological polar surface area (TPSA) is 38.7 Å². The van der Waals surface area contributed by atoms with E-state index in [0.29, 0.717) is 18.1 Å². The van der Waals surface area contributed by atoms with E-state index in [4.69, 9.17) is 9.47 Å². The van der Waals surface area contributed by atoms with Crippen LogP contribution in [0, 0.1) is 0 Å². The molecule has 0 unspecified atom stereocenters. The summed E-state index contributed by atoms with van der Waals surface area (Å²) in [4.78, 5) is 0. The fraction of sp³-hybridized carbons (Fsp3) is 0.538. The van der Waals surface area contributed by atoms with Crippen LogP contribution in [-0.4, -0.2) is 24.4 Å². The monoisotopic (exact) mass is 222 g/mol. The zero-order valence-corrected chi connectivity index (χ0v) is 9.61. The van der Waals surface area contributed by atoms with Gasteiger partial charge in [0, 0.05) is 0 Å². The molecule has 0 aliphatic heterocycles. The molecule has 3 heteroatoms. The van der Waals surface area contributed by atoms with Gasteiger partial charge in [0.2, 0.25) is 0 Å². The van der Waals surface area contributed by atoms with Gasteiger partial charge in [0.15, 0.2) is 11.5 Å². The summed E-state index contributed by atoms with van der Waals surface area (Å²) in [5, 5.41) is 10.2. The van der Waals surface area contributed by atoms with Crippen molar-refractivity contribution in [1.82, 2.24) is 0 Å². The van der Waals surface area contributed by atoms with Gasteiger partial charge in [0.1, 0.15) is 6.61 Å². The smallest absolute Gasteiger partial charge is 0.161 e. The molecule has 88 valence electrons. The largest absolute Gasteiger partial charge is 0.493 e. The number of rotatable bonds is 4. The Kier molecular flexibility index (Phi) is 3.34. The summed E-state index contributed by atoms with van der Waals surface area (Å²) in [6, 6.07) is 7.51. The fourth-order valence-corrected chi connectivity index (χ4v) is 2.13. The molecule has 2 rings (SSSR count). The van der Waals surface area contributed by atoms with Crippen LogP contribution in [0.25, 0.3) is 0 Å². The molecule has 0 aromatic heterocycles. The fourth-order valence-electron chi connectivity index (χ4n) is 2.13. The van der Waals surface area contributed by atoms with Crippen molar-refractivity contribution in [1.29, 1.82) is 0 Å². The molecule has 0 heterocycles. The summed E-state index contributed by atoms with van der Waals surface area (Å²) in [6.45, 7) is 0.355. The summed E-state index contributed by atoms with van der Waals surface area (Å²) in [5.74, 6) is 1.41. The Labute approximate surface area is 96.0 Å². The number of ether oxygens (including phenoxy) is 2. The van der Waals surface area contributed by atoms with Gasteiger partial charge in [-0.05, 0) is 25.0 Å². The van der Waals surface area contributed by atoms with Gasteiger partial charge in [-0.3, -0.25) is 0 Å². The van der Waals surface area contributed by atoms with Crippen LogP contribution < -0.4 is 9.47 Å². The first-order chi connectivity index (χ1) is 7.73. The average molecular weight is 222 g/mol. The van der Waals surface area contributed by atoms with E-state index < -0.39 is 5.60 Å². The van der Waals surface area contributed by atoms with Gasteiger partial charge in [-0.25, -0.2) is 0 Å². The normalized spacial score (nSPS) is 18.4. The summed E-state index contributed by atoms with van der Waals surface area (Å²) in [7, 11) is 1.62. The quantitative estimate of drug-likeness (QED) is 0.850. The van der Waals surface area contributed by atoms with Crippen LogP contribution in [0.2, 0.25) is 0 Å². The van der Waals surface area contributed by atoms with Crippen LogP contribution in [0.15, 0.2) is 24.3 Å². The second-order valence-corrected chi connectivity index (χ2v) is 4.37. The zero-order chi connectivity index (χ0) is 11.4. The number of hydrogen-bond donors (Lipinski definition) is 1. The first-order valence-electron chi connectivity index (χ1n) is 5.72. The maximum absolute atomic E-state index is 10.2. The van der Waals surface area contributed by atoms with E-state index in [9.17, 15) is 5.11 Å². The van der Waals surface area contributed by atoms with Crippen molar-refractivity contribution in [3.63, 3.8) is 0 Å². The van der Waals surface area contributed by atoms with Crippen molar-refractivity contribution < 1.29 is 14.6 Å². The lowest BCUT2D eigenvalue weighted by Crippen LogP contribution is -2.32. The lowest BCUT2D eigenvalue weighted by molar-refractivity contribution is 0.000736. The van der Waals surface area contributed by atoms with Gasteiger partial charge < -0.3 is 14.6 Å². The van der Waals surface area contributed by atoms with Gasteiger partial charge in [-0.1, -0.05) is 25.0 Å². The highest BCUT2D eigenvalue weighted by molar-refractivity contribution is 5.39. The number of benzene rings is 1. The van der Waals surface area contributed by atoms with Crippen molar-refractivity contribution in [2.45, 2.75) is 31.3 Å². The summed E-state index contributed by atoms with van der Waals surface area (Å²) < 4.78 is 10.8. The molecule has 1 aromatic carbocycles. The van der Waals surface area contributed by atoms with Crippen LogP contribution >= 0.6 is 0 Å². The van der Waals surface area contributed by atoms with Crippen molar-refractivity contribution in [3.05, 3.63) is 24.3 Å². The molecular weight excluding hydrogens is 204 g/mol. The maximum atomic E-state index is 10.2. The number of methoxy groups -OCH3 is 1. The lowest BCUT2D eigenvalue weighted by Gasteiger charge is -2.22. The molecule has 0 bridgehead atoms. The van der Waals surface area contributed by atoms with Gasteiger partial charge in [-0.2, -0.15) is 0 Å². The third-order valence-electron chi connectivity index (χ3n) is 3.10. The Morgan fingerprint density at radius 1 is 1.19 bits per heavy atom. The predicted octanol–water partition coefficient (Wildman–Crippen LogP) is 2.38. The molecule has 1 saturated carbocycles. The van der Waals surface area contributed by atoms with Crippen molar-refractivity contribution in [2.75, 3.05) is 13.7 Å². The Hall–Kier alpha value is -1.22. The number of aliphatic hydroxyl groups is 1. The van der Waals surface area contributed by atoms with Crippen LogP contribution in [0.4, 0.5) is 0 Å². The van der Waals surface area contributed by atoms with Crippen LogP contribution in [0.3, 0.4) is 0 Å². The molecule has 3 nitrogen and oxygen atoms in total. The van der Waals surface area contributed by atoms with Crippen LogP contribution in [-0.2, 0) is 0 Å². The second kappa shape index (κ2) is 4.74. The van der Waals surface area contributed by atoms with E-state index in [-0.39, 0.29) is 0 Å². The molecule has 1 aromatic rings. The molecule has 1 aliphatic rings. The van der Waals surface area contributed by atoms with E-state index in [1.165, 1.54) is 0 Å². The summed E-state index contributed by atoms with van der Waals surface area (Å²) in [5.41, 5.74) is -0.638. The van der Waals surface area contributed by atoms with Gasteiger partial charge in [-0.15, -0.1) is 0 Å². The van der Waals surface area contributed by atoms with E-state index in [1.807, 2.05) is 24.3 Å². The Bertz CT molecular complexity index is 343. The Morgan fingerprint density at radius 2 is 1.81 bits per heavy atom. The predicted molar refractivity (Wildman–Crippen MR) is 61.9 cm³/mol. The van der Waals surface area contributed by atoms with Gasteiger partial charge in [0.05, 0.1) is 12.7 Å². The Balaban J connectivity index is 1.98. The molecule has 0 amide bonds. The standard InChI is InChI=1S/C13H18O3/c1-15-11-6-2-3-7-12(11)16-10-13(14)8-4-5-9-13/h2-3,6-7,14H,4-5,8-10H2,1H3. The van der Waals surface area contributed by atoms with Crippen LogP contribution in [0.1, 0.15) is 25.7 Å². The summed E-state index contributed by atoms with van der Waals surface area (Å²) >= 11 is 0. The average Bonchev–Trinajstić information content (AvgIpc) is 2.74. The molecule has 16 heavy (non-hydrogen) atoms. The Morgan fingerprint density at radius 3 is 2.44 bits per heavy atom. The van der Waals surface area contributed by atoms with E-state index in [1.54, 1.807) is 7.11 Å². The summed E-state index contributed by atoms with van der Waals surface area (Å²) in [6.07, 6.45) is 3.85. The zero-order valence-electron chi connectivity index (χ0n) is 9.61. The first-order valence-corrected chi connectivity index (χ1v) is 5.72. The van der Waals surface area contributed by atoms with Crippen molar-refractivity contribution >= 4 is 0 Å². The van der Waals surface area contributed by atoms with E-state index >= 15 is 0 Å². The lowest BCUT2D eigenvalue weighted by atomic mass is 10.0. The third-order valence-corrected chi connectivity index (χ3v) is 3.10. The van der Waals surface area contributed by atoms with Gasteiger partial charge >= 0.3 is 0 Å². The molecular formula is C13H18O3. The molecule has 1 N–H and O–H groups in total. The minimum Gasteiger partial charge on any atom is -0.493 e. The third kappa shape index (κ3) is 2.47. The highest BCUT2D eigenvalue weighted by Crippen LogP contribution is 2.32. The minimum absolute atomic E-state index is 0.355. The number of para-hydroxylation sites is 2. The second-order valence-electron chi connectivity index (χ2n) is 4.37. The van der Waals surface area contributed by atoms with Crippen LogP contribution in [0.5, 0.6) is 11.5 Å². The number of hydrogen-bond acceptors (Lipinski definition) is 3. The molecule has 0 atom stereocenters. The highest BCUT2D eigenvalue weighted by Gasteiger charge is 2.32. The van der Waals surface area contributed by atoms with Crippen molar-refractivity contribution in [3.8, 4) is 11.5 Å². The van der Waals surface area contributed by atoms with Gasteiger partial charge in [0.25, 0.3) is 0 Å². The molecule has 0 spiro atoms.